The quantitative estimate of drug-likeness (QED) is 0.783. The van der Waals surface area contributed by atoms with Crippen LogP contribution in [0.4, 0.5) is 4.79 Å². The summed E-state index contributed by atoms with van der Waals surface area (Å²) in [5.41, 5.74) is 4.42. The molecule has 0 bridgehead atoms. The van der Waals surface area contributed by atoms with E-state index in [1.807, 2.05) is 55.5 Å². The lowest BCUT2D eigenvalue weighted by atomic mass is 9.98. The first-order chi connectivity index (χ1) is 13.1. The van der Waals surface area contributed by atoms with Crippen LogP contribution in [0, 0.1) is 0 Å². The molecule has 2 N–H and O–H groups in total. The van der Waals surface area contributed by atoms with Gasteiger partial charge in [0.15, 0.2) is 6.04 Å². The second-order valence-corrected chi connectivity index (χ2v) is 6.53. The van der Waals surface area contributed by atoms with E-state index in [9.17, 15) is 19.8 Å². The van der Waals surface area contributed by atoms with Crippen LogP contribution in [0.5, 0.6) is 0 Å². The zero-order valence-corrected chi connectivity index (χ0v) is 15.2. The smallest absolute Gasteiger partial charge is 0.410 e. The molecule has 0 saturated carbocycles. The van der Waals surface area contributed by atoms with Gasteiger partial charge in [-0.15, -0.1) is 0 Å². The number of benzene rings is 2. The van der Waals surface area contributed by atoms with E-state index in [1.54, 1.807) is 0 Å². The lowest BCUT2D eigenvalue weighted by molar-refractivity contribution is -0.144. The number of aliphatic hydroxyl groups excluding tert-OH is 1. The maximum atomic E-state index is 12.5. The minimum atomic E-state index is -1.30. The number of amides is 1. The monoisotopic (exact) mass is 369 g/mol. The Balaban J connectivity index is 1.79. The zero-order chi connectivity index (χ0) is 19.4. The van der Waals surface area contributed by atoms with E-state index in [1.165, 1.54) is 0 Å². The predicted molar refractivity (Wildman–Crippen MR) is 101 cm³/mol. The number of carboxylic acids is 1. The highest BCUT2D eigenvalue weighted by atomic mass is 16.6. The van der Waals surface area contributed by atoms with E-state index in [-0.39, 0.29) is 19.1 Å². The van der Waals surface area contributed by atoms with Gasteiger partial charge in [-0.2, -0.15) is 0 Å². The number of carboxylic acid groups (broad SMARTS) is 1. The SMILES string of the molecule is CCCN(C(=O)OCC1c2ccccc2-c2ccccc21)C(CO)C(=O)O. The molecule has 27 heavy (non-hydrogen) atoms. The van der Waals surface area contributed by atoms with E-state index >= 15 is 0 Å². The Bertz CT molecular complexity index is 789. The zero-order valence-electron chi connectivity index (χ0n) is 15.2. The number of hydrogen-bond donors (Lipinski definition) is 2. The molecule has 0 aromatic heterocycles. The molecule has 0 saturated heterocycles. The number of fused-ring (bicyclic) bond motifs is 3. The summed E-state index contributed by atoms with van der Waals surface area (Å²) in [6.07, 6.45) is -0.159. The largest absolute Gasteiger partial charge is 0.480 e. The van der Waals surface area contributed by atoms with Gasteiger partial charge in [0.05, 0.1) is 6.61 Å². The van der Waals surface area contributed by atoms with Crippen molar-refractivity contribution in [1.29, 1.82) is 0 Å². The van der Waals surface area contributed by atoms with Gasteiger partial charge in [0.25, 0.3) is 0 Å². The molecule has 0 heterocycles. The van der Waals surface area contributed by atoms with Gasteiger partial charge in [0.1, 0.15) is 6.61 Å². The molecule has 3 rings (SSSR count). The highest BCUT2D eigenvalue weighted by molar-refractivity contribution is 5.81. The van der Waals surface area contributed by atoms with Crippen LogP contribution < -0.4 is 0 Å². The Labute approximate surface area is 158 Å². The van der Waals surface area contributed by atoms with Crippen molar-refractivity contribution in [1.82, 2.24) is 4.90 Å². The van der Waals surface area contributed by atoms with Gasteiger partial charge in [-0.25, -0.2) is 9.59 Å². The molecule has 6 nitrogen and oxygen atoms in total. The summed E-state index contributed by atoms with van der Waals surface area (Å²) in [6.45, 7) is 1.50. The third kappa shape index (κ3) is 3.66. The van der Waals surface area contributed by atoms with E-state index in [0.717, 1.165) is 27.2 Å². The minimum absolute atomic E-state index is 0.0952. The topological polar surface area (TPSA) is 87.1 Å². The minimum Gasteiger partial charge on any atom is -0.480 e. The Kier molecular flexibility index (Phi) is 5.76. The van der Waals surface area contributed by atoms with Crippen LogP contribution in [0.2, 0.25) is 0 Å². The lowest BCUT2D eigenvalue weighted by Gasteiger charge is -2.27. The first-order valence-electron chi connectivity index (χ1n) is 9.03. The maximum absolute atomic E-state index is 12.5. The molecule has 6 heteroatoms. The fourth-order valence-electron chi connectivity index (χ4n) is 3.60. The number of aliphatic hydroxyl groups is 1. The van der Waals surface area contributed by atoms with E-state index in [0.29, 0.717) is 6.42 Å². The number of carbonyl (C=O) groups is 2. The molecule has 2 aromatic carbocycles. The van der Waals surface area contributed by atoms with E-state index in [4.69, 9.17) is 4.74 Å². The van der Waals surface area contributed by atoms with Crippen molar-refractivity contribution in [2.45, 2.75) is 25.3 Å². The van der Waals surface area contributed by atoms with E-state index in [2.05, 4.69) is 0 Å². The van der Waals surface area contributed by atoms with Gasteiger partial charge < -0.3 is 14.9 Å². The summed E-state index contributed by atoms with van der Waals surface area (Å²) in [5, 5.41) is 18.6. The van der Waals surface area contributed by atoms with Crippen molar-refractivity contribution in [2.75, 3.05) is 19.8 Å². The number of aliphatic carboxylic acids is 1. The average molecular weight is 369 g/mol. The van der Waals surface area contributed by atoms with Crippen LogP contribution in [-0.4, -0.2) is 53.0 Å². The third-order valence-electron chi connectivity index (χ3n) is 4.87. The first-order valence-corrected chi connectivity index (χ1v) is 9.03. The second-order valence-electron chi connectivity index (χ2n) is 6.53. The maximum Gasteiger partial charge on any atom is 0.410 e. The predicted octanol–water partition coefficient (Wildman–Crippen LogP) is 3.09. The van der Waals surface area contributed by atoms with Crippen LogP contribution in [0.3, 0.4) is 0 Å². The Morgan fingerprint density at radius 2 is 1.63 bits per heavy atom. The van der Waals surface area contributed by atoms with Gasteiger partial charge in [0, 0.05) is 12.5 Å². The third-order valence-corrected chi connectivity index (χ3v) is 4.87. The summed E-state index contributed by atoms with van der Waals surface area (Å²) in [4.78, 5) is 25.0. The second kappa shape index (κ2) is 8.22. The van der Waals surface area contributed by atoms with Crippen molar-refractivity contribution in [3.05, 3.63) is 59.7 Å². The lowest BCUT2D eigenvalue weighted by Crippen LogP contribution is -2.48. The summed E-state index contributed by atoms with van der Waals surface area (Å²) in [6, 6.07) is 14.7. The molecule has 0 fully saturated rings. The van der Waals surface area contributed by atoms with Gasteiger partial charge in [-0.1, -0.05) is 55.5 Å². The van der Waals surface area contributed by atoms with Crippen molar-refractivity contribution in [3.8, 4) is 11.1 Å². The summed E-state index contributed by atoms with van der Waals surface area (Å²) < 4.78 is 5.50. The molecule has 1 aliphatic carbocycles. The van der Waals surface area contributed by atoms with E-state index < -0.39 is 24.7 Å². The molecular formula is C21H23NO5. The van der Waals surface area contributed by atoms with Crippen molar-refractivity contribution in [2.24, 2.45) is 0 Å². The Hall–Kier alpha value is -2.86. The Morgan fingerprint density at radius 3 is 2.11 bits per heavy atom. The molecular weight excluding hydrogens is 346 g/mol. The molecule has 1 amide bonds. The van der Waals surface area contributed by atoms with Crippen molar-refractivity contribution in [3.63, 3.8) is 0 Å². The van der Waals surface area contributed by atoms with Crippen LogP contribution in [0.1, 0.15) is 30.4 Å². The highest BCUT2D eigenvalue weighted by Gasteiger charge is 2.32. The molecule has 0 radical (unpaired) electrons. The number of carbonyl (C=O) groups excluding carboxylic acids is 1. The number of hydrogen-bond acceptors (Lipinski definition) is 4. The summed E-state index contributed by atoms with van der Waals surface area (Å²) in [7, 11) is 0. The van der Waals surface area contributed by atoms with Crippen LogP contribution in [0.15, 0.2) is 48.5 Å². The van der Waals surface area contributed by atoms with Crippen LogP contribution in [-0.2, 0) is 9.53 Å². The fraction of sp³-hybridized carbons (Fsp3) is 0.333. The van der Waals surface area contributed by atoms with Gasteiger partial charge in [-0.05, 0) is 28.7 Å². The summed E-state index contributed by atoms with van der Waals surface area (Å²) >= 11 is 0. The normalized spacial score (nSPS) is 13.6. The van der Waals surface area contributed by atoms with Crippen molar-refractivity contribution >= 4 is 12.1 Å². The first kappa shape index (κ1) is 18.9. The highest BCUT2D eigenvalue weighted by Crippen LogP contribution is 2.44. The molecule has 0 aliphatic heterocycles. The molecule has 1 aliphatic rings. The fourth-order valence-corrected chi connectivity index (χ4v) is 3.60. The number of ether oxygens (including phenoxy) is 1. The number of rotatable bonds is 7. The number of nitrogens with zero attached hydrogens (tertiary/aromatic N) is 1. The summed E-state index contributed by atoms with van der Waals surface area (Å²) in [5.74, 6) is -1.35. The van der Waals surface area contributed by atoms with Crippen molar-refractivity contribution < 1.29 is 24.5 Å². The van der Waals surface area contributed by atoms with Gasteiger partial charge in [-0.3, -0.25) is 4.90 Å². The molecule has 1 atom stereocenters. The molecule has 142 valence electrons. The molecule has 0 spiro atoms. The van der Waals surface area contributed by atoms with Gasteiger partial charge >= 0.3 is 12.1 Å². The molecule has 2 aromatic rings. The Morgan fingerprint density at radius 1 is 1.07 bits per heavy atom. The van der Waals surface area contributed by atoms with Crippen LogP contribution >= 0.6 is 0 Å². The standard InChI is InChI=1S/C21H23NO5/c1-2-11-22(19(12-23)20(24)25)21(26)27-13-18-16-9-5-3-7-14(16)15-8-4-6-10-17(15)18/h3-10,18-19,23H,2,11-13H2,1H3,(H,24,25). The average Bonchev–Trinajstić information content (AvgIpc) is 3.00. The van der Waals surface area contributed by atoms with Crippen LogP contribution in [0.25, 0.3) is 11.1 Å². The molecule has 1 unspecified atom stereocenters. The van der Waals surface area contributed by atoms with Gasteiger partial charge in [0.2, 0.25) is 0 Å².